The van der Waals surface area contributed by atoms with Crippen molar-refractivity contribution in [2.75, 3.05) is 18.0 Å². The molecule has 1 fully saturated rings. The molecule has 0 atom stereocenters. The van der Waals surface area contributed by atoms with Crippen molar-refractivity contribution in [2.45, 2.75) is 25.4 Å². The van der Waals surface area contributed by atoms with Gasteiger partial charge in [0.25, 0.3) is 0 Å². The zero-order valence-electron chi connectivity index (χ0n) is 12.3. The molecule has 1 heterocycles. The van der Waals surface area contributed by atoms with Crippen molar-refractivity contribution in [1.82, 2.24) is 0 Å². The number of rotatable bonds is 2. The van der Waals surface area contributed by atoms with E-state index in [0.717, 1.165) is 48.0 Å². The Kier molecular flexibility index (Phi) is 3.33. The summed E-state index contributed by atoms with van der Waals surface area (Å²) >= 11 is 0. The Balaban J connectivity index is 2.05. The van der Waals surface area contributed by atoms with Gasteiger partial charge in [-0.05, 0) is 37.3 Å². The maximum absolute atomic E-state index is 10.1. The van der Waals surface area contributed by atoms with E-state index in [9.17, 15) is 5.11 Å². The minimum Gasteiger partial charge on any atom is -0.390 e. The zero-order valence-corrected chi connectivity index (χ0v) is 12.3. The molecule has 0 radical (unpaired) electrons. The number of amidine groups is 1. The summed E-state index contributed by atoms with van der Waals surface area (Å²) in [5.41, 5.74) is 7.07. The molecule has 0 saturated carbocycles. The van der Waals surface area contributed by atoms with Crippen molar-refractivity contribution in [1.29, 1.82) is 5.41 Å². The number of fused-ring (bicyclic) bond motifs is 1. The van der Waals surface area contributed by atoms with Crippen molar-refractivity contribution < 1.29 is 5.11 Å². The first-order valence-electron chi connectivity index (χ1n) is 7.31. The number of piperidine rings is 1. The number of nitrogens with one attached hydrogen (secondary N) is 1. The Hall–Kier alpha value is -2.07. The molecule has 110 valence electrons. The highest BCUT2D eigenvalue weighted by molar-refractivity contribution is 6.10. The van der Waals surface area contributed by atoms with E-state index in [2.05, 4.69) is 11.0 Å². The lowest BCUT2D eigenvalue weighted by Crippen LogP contribution is -2.42. The summed E-state index contributed by atoms with van der Waals surface area (Å²) in [6.45, 7) is 3.59. The molecule has 21 heavy (non-hydrogen) atoms. The number of benzene rings is 2. The van der Waals surface area contributed by atoms with Crippen LogP contribution < -0.4 is 10.6 Å². The fourth-order valence-corrected chi connectivity index (χ4v) is 3.02. The predicted octanol–water partition coefficient (Wildman–Crippen LogP) is 2.48. The Morgan fingerprint density at radius 3 is 2.38 bits per heavy atom. The molecule has 0 spiro atoms. The first-order valence-corrected chi connectivity index (χ1v) is 7.31. The molecule has 0 amide bonds. The normalized spacial score (nSPS) is 17.9. The maximum atomic E-state index is 10.1. The van der Waals surface area contributed by atoms with E-state index in [4.69, 9.17) is 11.1 Å². The van der Waals surface area contributed by atoms with E-state index in [1.165, 1.54) is 0 Å². The number of anilines is 1. The Morgan fingerprint density at radius 2 is 1.76 bits per heavy atom. The van der Waals surface area contributed by atoms with Crippen molar-refractivity contribution in [3.63, 3.8) is 0 Å². The number of hydrogen-bond donors (Lipinski definition) is 3. The van der Waals surface area contributed by atoms with Gasteiger partial charge in [-0.15, -0.1) is 0 Å². The highest BCUT2D eigenvalue weighted by Gasteiger charge is 2.28. The first-order chi connectivity index (χ1) is 9.98. The van der Waals surface area contributed by atoms with Gasteiger partial charge in [0.1, 0.15) is 5.84 Å². The second-order valence-corrected chi connectivity index (χ2v) is 6.08. The first kappa shape index (κ1) is 13.9. The molecule has 1 aliphatic heterocycles. The summed E-state index contributed by atoms with van der Waals surface area (Å²) in [7, 11) is 0. The van der Waals surface area contributed by atoms with Crippen LogP contribution in [0.1, 0.15) is 25.3 Å². The Morgan fingerprint density at radius 1 is 1.14 bits per heavy atom. The maximum Gasteiger partial charge on any atom is 0.123 e. The monoisotopic (exact) mass is 283 g/mol. The van der Waals surface area contributed by atoms with E-state index < -0.39 is 5.60 Å². The fraction of sp³-hybridized carbons (Fsp3) is 0.353. The molecular weight excluding hydrogens is 262 g/mol. The van der Waals surface area contributed by atoms with E-state index in [1.54, 1.807) is 0 Å². The lowest BCUT2D eigenvalue weighted by Gasteiger charge is -2.37. The minimum atomic E-state index is -0.550. The Bertz CT molecular complexity index is 683. The van der Waals surface area contributed by atoms with Crippen LogP contribution in [-0.4, -0.2) is 29.6 Å². The largest absolute Gasteiger partial charge is 0.390 e. The summed E-state index contributed by atoms with van der Waals surface area (Å²) in [6.07, 6.45) is 1.55. The van der Waals surface area contributed by atoms with Gasteiger partial charge < -0.3 is 15.7 Å². The van der Waals surface area contributed by atoms with Gasteiger partial charge in [-0.1, -0.05) is 24.3 Å². The fourth-order valence-electron chi connectivity index (χ4n) is 3.02. The number of nitrogens with two attached hydrogens (primary N) is 1. The van der Waals surface area contributed by atoms with Crippen molar-refractivity contribution >= 4 is 22.3 Å². The third-order valence-corrected chi connectivity index (χ3v) is 4.37. The van der Waals surface area contributed by atoms with Gasteiger partial charge in [-0.3, -0.25) is 5.41 Å². The average Bonchev–Trinajstić information content (AvgIpc) is 2.46. The lowest BCUT2D eigenvalue weighted by molar-refractivity contribution is 0.0352. The summed E-state index contributed by atoms with van der Waals surface area (Å²) in [5.74, 6) is 0.0966. The number of nitrogens with zero attached hydrogens (tertiary/aromatic N) is 1. The third-order valence-electron chi connectivity index (χ3n) is 4.37. The molecule has 4 N–H and O–H groups in total. The van der Waals surface area contributed by atoms with Gasteiger partial charge in [0.2, 0.25) is 0 Å². The molecule has 1 aliphatic rings. The van der Waals surface area contributed by atoms with Crippen molar-refractivity contribution in [2.24, 2.45) is 5.73 Å². The van der Waals surface area contributed by atoms with Crippen LogP contribution in [0.15, 0.2) is 36.4 Å². The van der Waals surface area contributed by atoms with Crippen LogP contribution >= 0.6 is 0 Å². The molecule has 0 unspecified atom stereocenters. The third kappa shape index (κ3) is 2.59. The number of hydrogen-bond acceptors (Lipinski definition) is 3. The summed E-state index contributed by atoms with van der Waals surface area (Å²) < 4.78 is 0. The van der Waals surface area contributed by atoms with Crippen molar-refractivity contribution in [3.05, 3.63) is 42.0 Å². The molecular formula is C17H21N3O. The topological polar surface area (TPSA) is 73.3 Å². The van der Waals surface area contributed by atoms with Crippen LogP contribution in [-0.2, 0) is 0 Å². The van der Waals surface area contributed by atoms with E-state index in [-0.39, 0.29) is 5.84 Å². The van der Waals surface area contributed by atoms with Crippen LogP contribution in [0.4, 0.5) is 5.69 Å². The molecule has 4 nitrogen and oxygen atoms in total. The highest BCUT2D eigenvalue weighted by atomic mass is 16.3. The second kappa shape index (κ2) is 5.04. The van der Waals surface area contributed by atoms with Crippen LogP contribution in [0.5, 0.6) is 0 Å². The van der Waals surface area contributed by atoms with Crippen LogP contribution in [0.25, 0.3) is 10.8 Å². The average molecular weight is 283 g/mol. The van der Waals surface area contributed by atoms with Gasteiger partial charge in [0.15, 0.2) is 0 Å². The molecule has 2 aromatic rings. The van der Waals surface area contributed by atoms with E-state index >= 15 is 0 Å². The molecule has 0 bridgehead atoms. The molecule has 3 rings (SSSR count). The molecule has 1 saturated heterocycles. The molecule has 4 heteroatoms. The summed E-state index contributed by atoms with van der Waals surface area (Å²) in [4.78, 5) is 2.31. The molecule has 0 aliphatic carbocycles. The molecule has 0 aromatic heterocycles. The zero-order chi connectivity index (χ0) is 15.0. The minimum absolute atomic E-state index is 0.0966. The van der Waals surface area contributed by atoms with E-state index in [1.807, 2.05) is 37.3 Å². The van der Waals surface area contributed by atoms with Crippen molar-refractivity contribution in [3.8, 4) is 0 Å². The van der Waals surface area contributed by atoms with Gasteiger partial charge in [0.05, 0.1) is 5.60 Å². The van der Waals surface area contributed by atoms with Gasteiger partial charge in [0, 0.05) is 29.7 Å². The highest BCUT2D eigenvalue weighted by Crippen LogP contribution is 2.33. The van der Waals surface area contributed by atoms with E-state index in [0.29, 0.717) is 0 Å². The SMILES string of the molecule is CC1(O)CCN(c2ccc(C(=N)N)c3ccccc23)CC1. The second-order valence-electron chi connectivity index (χ2n) is 6.08. The number of nitrogen functional groups attached to an aromatic ring is 1. The Labute approximate surface area is 124 Å². The number of aliphatic hydroxyl groups is 1. The van der Waals surface area contributed by atoms with Gasteiger partial charge in [-0.2, -0.15) is 0 Å². The lowest BCUT2D eigenvalue weighted by atomic mass is 9.92. The smallest absolute Gasteiger partial charge is 0.123 e. The van der Waals surface area contributed by atoms with Crippen LogP contribution in [0.3, 0.4) is 0 Å². The summed E-state index contributed by atoms with van der Waals surface area (Å²) in [6, 6.07) is 12.0. The van der Waals surface area contributed by atoms with Crippen LogP contribution in [0, 0.1) is 5.41 Å². The van der Waals surface area contributed by atoms with Gasteiger partial charge >= 0.3 is 0 Å². The van der Waals surface area contributed by atoms with Crippen LogP contribution in [0.2, 0.25) is 0 Å². The quantitative estimate of drug-likeness (QED) is 0.585. The van der Waals surface area contributed by atoms with Gasteiger partial charge in [-0.25, -0.2) is 0 Å². The predicted molar refractivity (Wildman–Crippen MR) is 87.0 cm³/mol. The standard InChI is InChI=1S/C17H21N3O/c1-17(21)8-10-20(11-9-17)15-7-6-14(16(18)19)12-4-2-3-5-13(12)15/h2-7,21H,8-11H2,1H3,(H3,18,19). The summed E-state index contributed by atoms with van der Waals surface area (Å²) in [5, 5.41) is 19.9. The molecule has 2 aromatic carbocycles.